The molecule has 0 saturated carbocycles. The largest absolute Gasteiger partial charge is 0.375 e. The predicted molar refractivity (Wildman–Crippen MR) is 79.1 cm³/mol. The van der Waals surface area contributed by atoms with Crippen molar-refractivity contribution >= 4 is 11.6 Å². The van der Waals surface area contributed by atoms with Gasteiger partial charge in [-0.3, -0.25) is 4.79 Å². The van der Waals surface area contributed by atoms with E-state index in [9.17, 15) is 4.79 Å². The van der Waals surface area contributed by atoms with Gasteiger partial charge >= 0.3 is 0 Å². The number of hydrogen-bond donors (Lipinski definition) is 1. The number of hydrogen-bond acceptors (Lipinski definition) is 3. The summed E-state index contributed by atoms with van der Waals surface area (Å²) in [7, 11) is 0. The van der Waals surface area contributed by atoms with Gasteiger partial charge in [0.05, 0.1) is 19.1 Å². The molecule has 0 spiro atoms. The molecule has 0 radical (unpaired) electrons. The highest BCUT2D eigenvalue weighted by Crippen LogP contribution is 2.31. The molecule has 20 heavy (non-hydrogen) atoms. The number of nitrogens with one attached hydrogen (secondary N) is 1. The molecular formula is C16H22N2O2. The van der Waals surface area contributed by atoms with Crippen molar-refractivity contribution in [2.45, 2.75) is 32.3 Å². The van der Waals surface area contributed by atoms with E-state index < -0.39 is 0 Å². The molecule has 0 aliphatic carbocycles. The molecule has 3 rings (SSSR count). The van der Waals surface area contributed by atoms with Crippen LogP contribution < -0.4 is 10.2 Å². The number of fused-ring (bicyclic) bond motifs is 1. The number of amides is 1. The van der Waals surface area contributed by atoms with Crippen molar-refractivity contribution in [3.8, 4) is 0 Å². The molecule has 2 aliphatic heterocycles. The average molecular weight is 274 g/mol. The summed E-state index contributed by atoms with van der Waals surface area (Å²) in [4.78, 5) is 14.6. The molecule has 1 aromatic carbocycles. The van der Waals surface area contributed by atoms with Gasteiger partial charge in [-0.2, -0.15) is 0 Å². The maximum Gasteiger partial charge on any atom is 0.229 e. The van der Waals surface area contributed by atoms with Gasteiger partial charge in [0.2, 0.25) is 5.91 Å². The molecule has 1 N–H and O–H groups in total. The van der Waals surface area contributed by atoms with Gasteiger partial charge in [-0.15, -0.1) is 0 Å². The van der Waals surface area contributed by atoms with Crippen molar-refractivity contribution in [1.82, 2.24) is 5.32 Å². The second-order valence-corrected chi connectivity index (χ2v) is 5.63. The average Bonchev–Trinajstić information content (AvgIpc) is 2.48. The number of nitrogens with zero attached hydrogens (tertiary/aromatic N) is 1. The first-order valence-corrected chi connectivity index (χ1v) is 7.47. The SMILES string of the molecule is Cc1cccc2c1N(C(=O)CC1CNCCO1)CCC2. The Hall–Kier alpha value is -1.39. The van der Waals surface area contributed by atoms with Crippen LogP contribution in [0.4, 0.5) is 5.69 Å². The molecule has 1 saturated heterocycles. The van der Waals surface area contributed by atoms with Crippen LogP contribution in [0.1, 0.15) is 24.0 Å². The van der Waals surface area contributed by atoms with Crippen LogP contribution in [0.3, 0.4) is 0 Å². The molecule has 0 aromatic heterocycles. The smallest absolute Gasteiger partial charge is 0.229 e. The molecule has 4 nitrogen and oxygen atoms in total. The molecular weight excluding hydrogens is 252 g/mol. The van der Waals surface area contributed by atoms with Crippen LogP contribution in [0, 0.1) is 6.92 Å². The van der Waals surface area contributed by atoms with E-state index in [4.69, 9.17) is 4.74 Å². The first-order chi connectivity index (χ1) is 9.75. The maximum atomic E-state index is 12.6. The lowest BCUT2D eigenvalue weighted by molar-refractivity contribution is -0.122. The Morgan fingerprint density at radius 2 is 2.40 bits per heavy atom. The summed E-state index contributed by atoms with van der Waals surface area (Å²) >= 11 is 0. The molecule has 1 atom stereocenters. The number of carbonyl (C=O) groups is 1. The van der Waals surface area contributed by atoms with Crippen LogP contribution in [0.25, 0.3) is 0 Å². The third kappa shape index (κ3) is 2.72. The number of ether oxygens (including phenoxy) is 1. The summed E-state index contributed by atoms with van der Waals surface area (Å²) in [6.45, 7) is 5.28. The molecule has 0 bridgehead atoms. The van der Waals surface area contributed by atoms with Gasteiger partial charge in [0.25, 0.3) is 0 Å². The Labute approximate surface area is 120 Å². The zero-order valence-corrected chi connectivity index (χ0v) is 12.0. The Morgan fingerprint density at radius 3 is 3.20 bits per heavy atom. The Morgan fingerprint density at radius 1 is 1.50 bits per heavy atom. The number of rotatable bonds is 2. The lowest BCUT2D eigenvalue weighted by Crippen LogP contribution is -2.43. The van der Waals surface area contributed by atoms with Crippen molar-refractivity contribution in [2.75, 3.05) is 31.1 Å². The van der Waals surface area contributed by atoms with Gasteiger partial charge in [0, 0.05) is 25.3 Å². The topological polar surface area (TPSA) is 41.6 Å². The van der Waals surface area contributed by atoms with E-state index in [2.05, 4.69) is 30.4 Å². The van der Waals surface area contributed by atoms with Gasteiger partial charge in [-0.25, -0.2) is 0 Å². The summed E-state index contributed by atoms with van der Waals surface area (Å²) in [6.07, 6.45) is 2.61. The lowest BCUT2D eigenvalue weighted by atomic mass is 9.97. The van der Waals surface area contributed by atoms with Gasteiger partial charge in [0.15, 0.2) is 0 Å². The summed E-state index contributed by atoms with van der Waals surface area (Å²) in [6, 6.07) is 6.31. The fourth-order valence-electron chi connectivity index (χ4n) is 3.15. The van der Waals surface area contributed by atoms with Crippen LogP contribution in [0.15, 0.2) is 18.2 Å². The minimum atomic E-state index is 0.0191. The van der Waals surface area contributed by atoms with E-state index >= 15 is 0 Å². The van der Waals surface area contributed by atoms with E-state index in [-0.39, 0.29) is 12.0 Å². The zero-order valence-electron chi connectivity index (χ0n) is 12.0. The second-order valence-electron chi connectivity index (χ2n) is 5.63. The van der Waals surface area contributed by atoms with E-state index in [0.717, 1.165) is 38.2 Å². The standard InChI is InChI=1S/C16H22N2O2/c1-12-4-2-5-13-6-3-8-18(16(12)13)15(19)10-14-11-17-7-9-20-14/h2,4-5,14,17H,3,6-11H2,1H3. The molecule has 2 aliphatic rings. The van der Waals surface area contributed by atoms with Gasteiger partial charge in [0.1, 0.15) is 0 Å². The quantitative estimate of drug-likeness (QED) is 0.891. The first-order valence-electron chi connectivity index (χ1n) is 7.47. The normalized spacial score (nSPS) is 22.4. The maximum absolute atomic E-state index is 12.6. The molecule has 1 fully saturated rings. The van der Waals surface area contributed by atoms with Crippen LogP contribution in [0.2, 0.25) is 0 Å². The Balaban J connectivity index is 1.76. The minimum absolute atomic E-state index is 0.0191. The zero-order chi connectivity index (χ0) is 13.9. The van der Waals surface area contributed by atoms with Crippen molar-refractivity contribution in [2.24, 2.45) is 0 Å². The third-order valence-corrected chi connectivity index (χ3v) is 4.13. The number of benzene rings is 1. The van der Waals surface area contributed by atoms with Gasteiger partial charge in [-0.1, -0.05) is 18.2 Å². The molecule has 1 unspecified atom stereocenters. The van der Waals surface area contributed by atoms with E-state index in [1.807, 2.05) is 4.90 Å². The van der Waals surface area contributed by atoms with Crippen LogP contribution in [0.5, 0.6) is 0 Å². The number of carbonyl (C=O) groups excluding carboxylic acids is 1. The summed E-state index contributed by atoms with van der Waals surface area (Å²) in [5.41, 5.74) is 3.62. The van der Waals surface area contributed by atoms with Crippen molar-refractivity contribution < 1.29 is 9.53 Å². The predicted octanol–water partition coefficient (Wildman–Crippen LogP) is 1.65. The number of morpholine rings is 1. The van der Waals surface area contributed by atoms with E-state index in [1.54, 1.807) is 0 Å². The third-order valence-electron chi connectivity index (χ3n) is 4.13. The highest BCUT2D eigenvalue weighted by molar-refractivity contribution is 5.95. The van der Waals surface area contributed by atoms with Crippen molar-refractivity contribution in [3.63, 3.8) is 0 Å². The van der Waals surface area contributed by atoms with Crippen LogP contribution in [-0.4, -0.2) is 38.3 Å². The van der Waals surface area contributed by atoms with Crippen molar-refractivity contribution in [1.29, 1.82) is 0 Å². The van der Waals surface area contributed by atoms with Gasteiger partial charge in [-0.05, 0) is 30.9 Å². The molecule has 108 valence electrons. The fourth-order valence-corrected chi connectivity index (χ4v) is 3.15. The Kier molecular flexibility index (Phi) is 4.03. The lowest BCUT2D eigenvalue weighted by Gasteiger charge is -2.33. The highest BCUT2D eigenvalue weighted by Gasteiger charge is 2.26. The summed E-state index contributed by atoms with van der Waals surface area (Å²) < 4.78 is 5.65. The molecule has 2 heterocycles. The summed E-state index contributed by atoms with van der Waals surface area (Å²) in [5, 5.41) is 3.28. The van der Waals surface area contributed by atoms with Crippen molar-refractivity contribution in [3.05, 3.63) is 29.3 Å². The van der Waals surface area contributed by atoms with E-state index in [0.29, 0.717) is 13.0 Å². The minimum Gasteiger partial charge on any atom is -0.375 e. The number of aryl methyl sites for hydroxylation is 2. The van der Waals surface area contributed by atoms with Crippen LogP contribution >= 0.6 is 0 Å². The number of anilines is 1. The number of para-hydroxylation sites is 1. The van der Waals surface area contributed by atoms with Crippen LogP contribution in [-0.2, 0) is 16.0 Å². The molecule has 1 aromatic rings. The Bertz CT molecular complexity index is 495. The first kappa shape index (κ1) is 13.6. The summed E-state index contributed by atoms with van der Waals surface area (Å²) in [5.74, 6) is 0.189. The molecule has 1 amide bonds. The van der Waals surface area contributed by atoms with Gasteiger partial charge < -0.3 is 15.0 Å². The monoisotopic (exact) mass is 274 g/mol. The second kappa shape index (κ2) is 5.94. The van der Waals surface area contributed by atoms with E-state index in [1.165, 1.54) is 11.1 Å². The molecule has 4 heteroatoms. The highest BCUT2D eigenvalue weighted by atomic mass is 16.5. The fraction of sp³-hybridized carbons (Fsp3) is 0.562.